The number of amides is 1. The SMILES string of the molecule is Cc1ccc(NC(=O)c2ccc(-c3ccccc3)cc2)c(F)c1. The Morgan fingerprint density at radius 2 is 1.52 bits per heavy atom. The van der Waals surface area contributed by atoms with Gasteiger partial charge in [-0.05, 0) is 47.9 Å². The number of nitrogens with one attached hydrogen (secondary N) is 1. The summed E-state index contributed by atoms with van der Waals surface area (Å²) < 4.78 is 13.8. The zero-order chi connectivity index (χ0) is 16.2. The summed E-state index contributed by atoms with van der Waals surface area (Å²) >= 11 is 0. The number of carbonyl (C=O) groups excluding carboxylic acids is 1. The number of hydrogen-bond donors (Lipinski definition) is 1. The van der Waals surface area contributed by atoms with Crippen LogP contribution in [-0.4, -0.2) is 5.91 Å². The van der Waals surface area contributed by atoms with E-state index >= 15 is 0 Å². The van der Waals surface area contributed by atoms with Crippen LogP contribution < -0.4 is 5.32 Å². The third-order valence-electron chi connectivity index (χ3n) is 3.63. The van der Waals surface area contributed by atoms with Crippen molar-refractivity contribution < 1.29 is 9.18 Å². The van der Waals surface area contributed by atoms with Crippen LogP contribution in [0, 0.1) is 12.7 Å². The normalized spacial score (nSPS) is 10.3. The number of carbonyl (C=O) groups is 1. The molecular weight excluding hydrogens is 289 g/mol. The van der Waals surface area contributed by atoms with E-state index < -0.39 is 5.82 Å². The van der Waals surface area contributed by atoms with Crippen LogP contribution >= 0.6 is 0 Å². The van der Waals surface area contributed by atoms with Crippen LogP contribution in [0.2, 0.25) is 0 Å². The predicted octanol–water partition coefficient (Wildman–Crippen LogP) is 5.05. The van der Waals surface area contributed by atoms with Crippen LogP contribution in [-0.2, 0) is 0 Å². The molecular formula is C20H16FNO. The van der Waals surface area contributed by atoms with Gasteiger partial charge in [-0.1, -0.05) is 48.5 Å². The number of benzene rings is 3. The fraction of sp³-hybridized carbons (Fsp3) is 0.0500. The van der Waals surface area contributed by atoms with Gasteiger partial charge in [0.15, 0.2) is 0 Å². The molecule has 114 valence electrons. The van der Waals surface area contributed by atoms with Gasteiger partial charge in [0, 0.05) is 5.56 Å². The Morgan fingerprint density at radius 1 is 0.870 bits per heavy atom. The zero-order valence-corrected chi connectivity index (χ0v) is 12.7. The van der Waals surface area contributed by atoms with Crippen LogP contribution in [0.15, 0.2) is 72.8 Å². The highest BCUT2D eigenvalue weighted by molar-refractivity contribution is 6.04. The van der Waals surface area contributed by atoms with Crippen molar-refractivity contribution in [2.24, 2.45) is 0 Å². The summed E-state index contributed by atoms with van der Waals surface area (Å²) in [5.41, 5.74) is 3.61. The molecule has 0 saturated heterocycles. The number of rotatable bonds is 3. The molecule has 3 rings (SSSR count). The molecule has 0 radical (unpaired) electrons. The molecule has 3 aromatic rings. The summed E-state index contributed by atoms with van der Waals surface area (Å²) in [6.45, 7) is 1.80. The molecule has 3 aromatic carbocycles. The molecule has 1 N–H and O–H groups in total. The van der Waals surface area contributed by atoms with Gasteiger partial charge in [-0.2, -0.15) is 0 Å². The van der Waals surface area contributed by atoms with Crippen molar-refractivity contribution in [3.63, 3.8) is 0 Å². The van der Waals surface area contributed by atoms with E-state index in [0.29, 0.717) is 5.56 Å². The quantitative estimate of drug-likeness (QED) is 0.720. The van der Waals surface area contributed by atoms with Crippen LogP contribution in [0.1, 0.15) is 15.9 Å². The van der Waals surface area contributed by atoms with E-state index in [2.05, 4.69) is 5.32 Å². The second-order valence-electron chi connectivity index (χ2n) is 5.38. The molecule has 0 aliphatic heterocycles. The molecule has 0 aliphatic carbocycles. The summed E-state index contributed by atoms with van der Waals surface area (Å²) in [5, 5.41) is 2.60. The minimum Gasteiger partial charge on any atom is -0.319 e. The molecule has 0 bridgehead atoms. The summed E-state index contributed by atoms with van der Waals surface area (Å²) in [6, 6.07) is 21.9. The highest BCUT2D eigenvalue weighted by Crippen LogP contribution is 2.20. The maximum absolute atomic E-state index is 13.8. The Kier molecular flexibility index (Phi) is 4.20. The molecule has 2 nitrogen and oxygen atoms in total. The maximum atomic E-state index is 13.8. The zero-order valence-electron chi connectivity index (χ0n) is 12.7. The summed E-state index contributed by atoms with van der Waals surface area (Å²) in [5.74, 6) is -0.758. The van der Waals surface area contributed by atoms with Crippen molar-refractivity contribution in [2.75, 3.05) is 5.32 Å². The first-order valence-electron chi connectivity index (χ1n) is 7.36. The third kappa shape index (κ3) is 3.46. The van der Waals surface area contributed by atoms with Crippen LogP contribution in [0.5, 0.6) is 0 Å². The molecule has 0 aliphatic rings. The van der Waals surface area contributed by atoms with Gasteiger partial charge in [-0.15, -0.1) is 0 Å². The van der Waals surface area contributed by atoms with Crippen LogP contribution in [0.4, 0.5) is 10.1 Å². The van der Waals surface area contributed by atoms with Gasteiger partial charge >= 0.3 is 0 Å². The first-order valence-corrected chi connectivity index (χ1v) is 7.36. The van der Waals surface area contributed by atoms with Crippen molar-refractivity contribution in [2.45, 2.75) is 6.92 Å². The molecule has 3 heteroatoms. The van der Waals surface area contributed by atoms with Gasteiger partial charge in [0.25, 0.3) is 5.91 Å². The predicted molar refractivity (Wildman–Crippen MR) is 91.0 cm³/mol. The molecule has 0 fully saturated rings. The summed E-state index contributed by atoms with van der Waals surface area (Å²) in [7, 11) is 0. The van der Waals surface area contributed by atoms with Crippen molar-refractivity contribution in [3.8, 4) is 11.1 Å². The Morgan fingerprint density at radius 3 is 2.17 bits per heavy atom. The van der Waals surface area contributed by atoms with E-state index in [4.69, 9.17) is 0 Å². The highest BCUT2D eigenvalue weighted by atomic mass is 19.1. The fourth-order valence-electron chi connectivity index (χ4n) is 2.36. The number of aryl methyl sites for hydroxylation is 1. The second kappa shape index (κ2) is 6.44. The van der Waals surface area contributed by atoms with Gasteiger partial charge in [0.2, 0.25) is 0 Å². The summed E-state index contributed by atoms with van der Waals surface area (Å²) in [4.78, 5) is 12.2. The monoisotopic (exact) mass is 305 g/mol. The van der Waals surface area contributed by atoms with E-state index in [1.807, 2.05) is 42.5 Å². The Hall–Kier alpha value is -2.94. The van der Waals surface area contributed by atoms with Crippen molar-refractivity contribution in [1.82, 2.24) is 0 Å². The molecule has 0 unspecified atom stereocenters. The topological polar surface area (TPSA) is 29.1 Å². The second-order valence-corrected chi connectivity index (χ2v) is 5.38. The number of anilines is 1. The lowest BCUT2D eigenvalue weighted by Crippen LogP contribution is -2.12. The van der Waals surface area contributed by atoms with Gasteiger partial charge < -0.3 is 5.32 Å². The fourth-order valence-corrected chi connectivity index (χ4v) is 2.36. The Balaban J connectivity index is 1.78. The van der Waals surface area contributed by atoms with E-state index in [-0.39, 0.29) is 11.6 Å². The van der Waals surface area contributed by atoms with Crippen molar-refractivity contribution in [3.05, 3.63) is 89.7 Å². The van der Waals surface area contributed by atoms with E-state index in [0.717, 1.165) is 16.7 Å². The minimum atomic E-state index is -0.431. The largest absolute Gasteiger partial charge is 0.319 e. The lowest BCUT2D eigenvalue weighted by atomic mass is 10.0. The first kappa shape index (κ1) is 15.0. The molecule has 0 atom stereocenters. The molecule has 0 spiro atoms. The van der Waals surface area contributed by atoms with Gasteiger partial charge in [-0.25, -0.2) is 4.39 Å². The first-order chi connectivity index (χ1) is 11.1. The standard InChI is InChI=1S/C20H16FNO/c1-14-7-12-19(18(21)13-14)22-20(23)17-10-8-16(9-11-17)15-5-3-2-4-6-15/h2-13H,1H3,(H,22,23). The molecule has 23 heavy (non-hydrogen) atoms. The van der Waals surface area contributed by atoms with Gasteiger partial charge in [-0.3, -0.25) is 4.79 Å². The van der Waals surface area contributed by atoms with E-state index in [9.17, 15) is 9.18 Å². The molecule has 1 amide bonds. The van der Waals surface area contributed by atoms with E-state index in [1.54, 1.807) is 31.2 Å². The van der Waals surface area contributed by atoms with Crippen molar-refractivity contribution in [1.29, 1.82) is 0 Å². The summed E-state index contributed by atoms with van der Waals surface area (Å²) in [6.07, 6.45) is 0. The molecule has 0 saturated carbocycles. The van der Waals surface area contributed by atoms with Crippen molar-refractivity contribution >= 4 is 11.6 Å². The Bertz CT molecular complexity index is 826. The third-order valence-corrected chi connectivity index (χ3v) is 3.63. The molecule has 0 heterocycles. The maximum Gasteiger partial charge on any atom is 0.255 e. The van der Waals surface area contributed by atoms with Gasteiger partial charge in [0.05, 0.1) is 5.69 Å². The number of hydrogen-bond acceptors (Lipinski definition) is 1. The lowest BCUT2D eigenvalue weighted by Gasteiger charge is -2.08. The minimum absolute atomic E-state index is 0.188. The smallest absolute Gasteiger partial charge is 0.255 e. The van der Waals surface area contributed by atoms with Crippen LogP contribution in [0.25, 0.3) is 11.1 Å². The Labute approximate surface area is 134 Å². The molecule has 0 aromatic heterocycles. The number of halogens is 1. The van der Waals surface area contributed by atoms with Crippen LogP contribution in [0.3, 0.4) is 0 Å². The lowest BCUT2D eigenvalue weighted by molar-refractivity contribution is 0.102. The average Bonchev–Trinajstić information content (AvgIpc) is 2.58. The van der Waals surface area contributed by atoms with Gasteiger partial charge in [0.1, 0.15) is 5.82 Å². The average molecular weight is 305 g/mol. The van der Waals surface area contributed by atoms with E-state index in [1.165, 1.54) is 6.07 Å². The highest BCUT2D eigenvalue weighted by Gasteiger charge is 2.09.